The Bertz CT molecular complexity index is 389. The Labute approximate surface area is 114 Å². The topological polar surface area (TPSA) is 66.8 Å². The van der Waals surface area contributed by atoms with Crippen LogP contribution >= 0.6 is 0 Å². The number of carbonyl (C=O) groups is 2. The maximum absolute atomic E-state index is 12.5. The van der Waals surface area contributed by atoms with Gasteiger partial charge in [0.1, 0.15) is 11.6 Å². The molecule has 0 aromatic heterocycles. The van der Waals surface area contributed by atoms with Gasteiger partial charge >= 0.3 is 18.1 Å². The van der Waals surface area contributed by atoms with Crippen molar-refractivity contribution in [2.45, 2.75) is 57.5 Å². The molecule has 0 aliphatic carbocycles. The summed E-state index contributed by atoms with van der Waals surface area (Å²) in [6.45, 7) is 4.22. The molecule has 2 atom stereocenters. The summed E-state index contributed by atoms with van der Waals surface area (Å²) in [4.78, 5) is 23.6. The van der Waals surface area contributed by atoms with Crippen molar-refractivity contribution in [1.82, 2.24) is 4.90 Å². The molecule has 1 heterocycles. The minimum Gasteiger partial charge on any atom is -0.458 e. The average Bonchev–Trinajstić information content (AvgIpc) is 2.24. The molecule has 1 saturated heterocycles. The highest BCUT2D eigenvalue weighted by molar-refractivity contribution is 5.88. The fourth-order valence-corrected chi connectivity index (χ4v) is 1.95. The molecule has 1 aliphatic rings. The first-order valence-corrected chi connectivity index (χ1v) is 6.20. The second kappa shape index (κ2) is 5.59. The van der Waals surface area contributed by atoms with E-state index in [1.54, 1.807) is 20.8 Å². The number of hydrogen-bond acceptors (Lipinski definition) is 4. The van der Waals surface area contributed by atoms with E-state index in [-0.39, 0.29) is 12.8 Å². The van der Waals surface area contributed by atoms with Crippen molar-refractivity contribution in [2.75, 3.05) is 6.54 Å². The first-order valence-electron chi connectivity index (χ1n) is 6.20. The van der Waals surface area contributed by atoms with Crippen molar-refractivity contribution >= 4 is 11.9 Å². The van der Waals surface area contributed by atoms with Gasteiger partial charge in [0.15, 0.2) is 0 Å². The lowest BCUT2D eigenvalue weighted by Gasteiger charge is -2.37. The highest BCUT2D eigenvalue weighted by Gasteiger charge is 2.48. The third kappa shape index (κ3) is 4.36. The zero-order valence-electron chi connectivity index (χ0n) is 11.5. The summed E-state index contributed by atoms with van der Waals surface area (Å²) in [7, 11) is 0. The number of hydrogen-bond donors (Lipinski definition) is 1. The molecule has 2 unspecified atom stereocenters. The van der Waals surface area contributed by atoms with Gasteiger partial charge in [-0.1, -0.05) is 0 Å². The van der Waals surface area contributed by atoms with E-state index in [2.05, 4.69) is 0 Å². The molecule has 0 spiro atoms. The number of ether oxygens (including phenoxy) is 1. The number of aliphatic hydroxyl groups is 1. The van der Waals surface area contributed by atoms with Gasteiger partial charge in [-0.3, -0.25) is 4.79 Å². The van der Waals surface area contributed by atoms with Crippen LogP contribution in [0.25, 0.3) is 0 Å². The molecule has 116 valence electrons. The summed E-state index contributed by atoms with van der Waals surface area (Å²) in [5.74, 6) is -3.02. The lowest BCUT2D eigenvalue weighted by Crippen LogP contribution is -2.56. The summed E-state index contributed by atoms with van der Waals surface area (Å²) in [6, 6.07) is -1.31. The summed E-state index contributed by atoms with van der Waals surface area (Å²) in [5, 5.41) is 9.41. The van der Waals surface area contributed by atoms with Crippen LogP contribution in [0.5, 0.6) is 0 Å². The van der Waals surface area contributed by atoms with Crippen LogP contribution in [0.3, 0.4) is 0 Å². The summed E-state index contributed by atoms with van der Waals surface area (Å²) in [6.07, 6.45) is -6.07. The Balaban J connectivity index is 2.91. The zero-order valence-corrected chi connectivity index (χ0v) is 11.5. The van der Waals surface area contributed by atoms with Gasteiger partial charge in [-0.2, -0.15) is 13.2 Å². The van der Waals surface area contributed by atoms with Gasteiger partial charge in [-0.25, -0.2) is 4.79 Å². The Hall–Kier alpha value is -1.31. The van der Waals surface area contributed by atoms with Gasteiger partial charge in [-0.15, -0.1) is 0 Å². The molecule has 8 heteroatoms. The number of aliphatic hydroxyl groups excluding tert-OH is 1. The Kier molecular flexibility index (Phi) is 4.68. The van der Waals surface area contributed by atoms with Gasteiger partial charge in [0.25, 0.3) is 0 Å². The number of amides is 1. The van der Waals surface area contributed by atoms with E-state index >= 15 is 0 Å². The van der Waals surface area contributed by atoms with Crippen LogP contribution < -0.4 is 0 Å². The Morgan fingerprint density at radius 3 is 2.20 bits per heavy atom. The van der Waals surface area contributed by atoms with E-state index in [4.69, 9.17) is 4.74 Å². The van der Waals surface area contributed by atoms with Crippen LogP contribution in [0.1, 0.15) is 33.6 Å². The van der Waals surface area contributed by atoms with Gasteiger partial charge < -0.3 is 14.7 Å². The molecular formula is C12H18F3NO4. The molecule has 5 nitrogen and oxygen atoms in total. The number of nitrogens with zero attached hydrogens (tertiary/aromatic N) is 1. The minimum absolute atomic E-state index is 0.0576. The highest BCUT2D eigenvalue weighted by atomic mass is 19.4. The van der Waals surface area contributed by atoms with E-state index in [0.29, 0.717) is 4.90 Å². The zero-order chi connectivity index (χ0) is 15.7. The number of rotatable bonds is 1. The van der Waals surface area contributed by atoms with E-state index in [1.165, 1.54) is 0 Å². The number of piperidine rings is 1. The molecule has 1 amide bonds. The number of β-amino-alcohol motifs (C(OH)–C–C–N with tert-alkyl or cyclic N) is 1. The van der Waals surface area contributed by atoms with E-state index in [9.17, 15) is 27.9 Å². The lowest BCUT2D eigenvalue weighted by atomic mass is 9.99. The van der Waals surface area contributed by atoms with Gasteiger partial charge in [0.2, 0.25) is 0 Å². The molecule has 0 radical (unpaired) electrons. The quantitative estimate of drug-likeness (QED) is 0.740. The second-order valence-electron chi connectivity index (χ2n) is 5.74. The summed E-state index contributed by atoms with van der Waals surface area (Å²) >= 11 is 0. The molecule has 0 aromatic rings. The molecular weight excluding hydrogens is 279 g/mol. The van der Waals surface area contributed by atoms with Crippen LogP contribution in [-0.4, -0.2) is 52.4 Å². The van der Waals surface area contributed by atoms with E-state index in [1.807, 2.05) is 0 Å². The number of alkyl halides is 3. The Morgan fingerprint density at radius 1 is 1.20 bits per heavy atom. The van der Waals surface area contributed by atoms with Crippen molar-refractivity contribution in [1.29, 1.82) is 0 Å². The first-order chi connectivity index (χ1) is 8.92. The molecule has 0 saturated carbocycles. The molecule has 0 bridgehead atoms. The second-order valence-corrected chi connectivity index (χ2v) is 5.74. The Morgan fingerprint density at radius 2 is 1.75 bits per heavy atom. The highest BCUT2D eigenvalue weighted by Crippen LogP contribution is 2.26. The smallest absolute Gasteiger partial charge is 0.458 e. The van der Waals surface area contributed by atoms with Crippen molar-refractivity contribution < 1.29 is 32.6 Å². The van der Waals surface area contributed by atoms with Crippen LogP contribution in [0.2, 0.25) is 0 Å². The van der Waals surface area contributed by atoms with E-state index in [0.717, 1.165) is 0 Å². The summed E-state index contributed by atoms with van der Waals surface area (Å²) in [5.41, 5.74) is -0.861. The number of halogens is 3. The molecule has 1 aliphatic heterocycles. The predicted molar refractivity (Wildman–Crippen MR) is 62.6 cm³/mol. The molecule has 1 rings (SSSR count). The van der Waals surface area contributed by atoms with E-state index < -0.39 is 42.3 Å². The fourth-order valence-electron chi connectivity index (χ4n) is 1.95. The SMILES string of the molecule is CC(C)(C)OC(=O)C1CCC(O)CN1C(=O)C(F)(F)F. The predicted octanol–water partition coefficient (Wildman–Crippen LogP) is 1.24. The van der Waals surface area contributed by atoms with Crippen molar-refractivity contribution in [3.05, 3.63) is 0 Å². The normalized spacial score (nSPS) is 24.4. The van der Waals surface area contributed by atoms with Crippen LogP contribution in [0.4, 0.5) is 13.2 Å². The maximum Gasteiger partial charge on any atom is 0.471 e. The van der Waals surface area contributed by atoms with Gasteiger partial charge in [0, 0.05) is 6.54 Å². The third-order valence-electron chi connectivity index (χ3n) is 2.74. The largest absolute Gasteiger partial charge is 0.471 e. The van der Waals surface area contributed by atoms with Crippen LogP contribution in [-0.2, 0) is 14.3 Å². The molecule has 1 fully saturated rings. The minimum atomic E-state index is -5.09. The van der Waals surface area contributed by atoms with Gasteiger partial charge in [0.05, 0.1) is 6.10 Å². The van der Waals surface area contributed by atoms with Crippen molar-refractivity contribution in [2.24, 2.45) is 0 Å². The first kappa shape index (κ1) is 16.7. The average molecular weight is 297 g/mol. The van der Waals surface area contributed by atoms with Crippen molar-refractivity contribution in [3.8, 4) is 0 Å². The van der Waals surface area contributed by atoms with Gasteiger partial charge in [-0.05, 0) is 33.6 Å². The number of likely N-dealkylation sites (tertiary alicyclic amines) is 1. The maximum atomic E-state index is 12.5. The van der Waals surface area contributed by atoms with Crippen LogP contribution in [0.15, 0.2) is 0 Å². The molecule has 1 N–H and O–H groups in total. The van der Waals surface area contributed by atoms with Crippen LogP contribution in [0, 0.1) is 0 Å². The standard InChI is InChI=1S/C12H18F3NO4/c1-11(2,3)20-9(18)8-5-4-7(17)6-16(8)10(19)12(13,14)15/h7-8,17H,4-6H2,1-3H3. The molecule has 0 aromatic carbocycles. The lowest BCUT2D eigenvalue weighted by molar-refractivity contribution is -0.196. The van der Waals surface area contributed by atoms with Crippen molar-refractivity contribution in [3.63, 3.8) is 0 Å². The molecule has 20 heavy (non-hydrogen) atoms. The number of carbonyl (C=O) groups excluding carboxylic acids is 2. The third-order valence-corrected chi connectivity index (χ3v) is 2.74. The fraction of sp³-hybridized carbons (Fsp3) is 0.833. The summed E-state index contributed by atoms with van der Waals surface area (Å²) < 4.78 is 42.6. The monoisotopic (exact) mass is 297 g/mol. The number of esters is 1.